The van der Waals surface area contributed by atoms with Crippen molar-refractivity contribution in [2.24, 2.45) is 0 Å². The van der Waals surface area contributed by atoms with Crippen molar-refractivity contribution < 1.29 is 0 Å². The second kappa shape index (κ2) is 5.97. The fourth-order valence-corrected chi connectivity index (χ4v) is 10.3. The second-order valence-corrected chi connectivity index (χ2v) is 13.4. The summed E-state index contributed by atoms with van der Waals surface area (Å²) < 4.78 is 0. The van der Waals surface area contributed by atoms with Crippen molar-refractivity contribution in [1.82, 2.24) is 0 Å². The molecule has 0 radical (unpaired) electrons. The van der Waals surface area contributed by atoms with Crippen LogP contribution < -0.4 is 0 Å². The van der Waals surface area contributed by atoms with E-state index in [4.69, 9.17) is 0 Å². The molecule has 15 heavy (non-hydrogen) atoms. The van der Waals surface area contributed by atoms with Crippen LogP contribution in [0.1, 0.15) is 55.4 Å². The molecule has 0 aromatic carbocycles. The molecule has 0 aromatic rings. The average molecular weight is 248 g/mol. The first-order valence-electron chi connectivity index (χ1n) is 6.13. The van der Waals surface area contributed by atoms with Crippen molar-refractivity contribution in [1.29, 1.82) is 0 Å². The standard InChI is InChI=1S/C13H30P2/c1-9-14(12(3,4)5)11-15(10-2)13(6,7)8/h9-11H2,1-8H3. The maximum atomic E-state index is 2.42. The summed E-state index contributed by atoms with van der Waals surface area (Å²) in [5, 5.41) is 1.09. The Labute approximate surface area is 100 Å². The molecule has 0 aromatic heterocycles. The van der Waals surface area contributed by atoms with Crippen LogP contribution in [-0.4, -0.2) is 28.5 Å². The van der Waals surface area contributed by atoms with Gasteiger partial charge in [0.25, 0.3) is 0 Å². The lowest BCUT2D eigenvalue weighted by Crippen LogP contribution is -2.19. The van der Waals surface area contributed by atoms with Gasteiger partial charge in [-0.3, -0.25) is 0 Å². The van der Waals surface area contributed by atoms with Gasteiger partial charge in [-0.15, -0.1) is 0 Å². The minimum absolute atomic E-state index is 0.220. The SMILES string of the molecule is CCP(CP(CC)C(C)(C)C)C(C)(C)C. The maximum absolute atomic E-state index is 2.42. The first-order chi connectivity index (χ1) is 6.62. The van der Waals surface area contributed by atoms with Crippen molar-refractivity contribution >= 4 is 15.8 Å². The van der Waals surface area contributed by atoms with Gasteiger partial charge in [0.2, 0.25) is 0 Å². The highest BCUT2D eigenvalue weighted by atomic mass is 31.2. The average Bonchev–Trinajstić information content (AvgIpc) is 2.01. The third-order valence-electron chi connectivity index (χ3n) is 3.00. The fourth-order valence-electron chi connectivity index (χ4n) is 1.78. The summed E-state index contributed by atoms with van der Waals surface area (Å²) in [5.74, 6) is 1.52. The molecule has 0 nitrogen and oxygen atoms in total. The van der Waals surface area contributed by atoms with Gasteiger partial charge >= 0.3 is 0 Å². The monoisotopic (exact) mass is 248 g/mol. The summed E-state index contributed by atoms with van der Waals surface area (Å²) in [7, 11) is 0.440. The molecule has 0 rings (SSSR count). The van der Waals surface area contributed by atoms with E-state index in [0.717, 1.165) is 0 Å². The molecule has 0 aliphatic heterocycles. The fraction of sp³-hybridized carbons (Fsp3) is 1.00. The summed E-state index contributed by atoms with van der Waals surface area (Å²) in [5.41, 5.74) is 0. The Kier molecular flexibility index (Phi) is 6.32. The van der Waals surface area contributed by atoms with Gasteiger partial charge in [-0.25, -0.2) is 0 Å². The van der Waals surface area contributed by atoms with Crippen molar-refractivity contribution in [3.05, 3.63) is 0 Å². The van der Waals surface area contributed by atoms with Crippen LogP contribution in [0.25, 0.3) is 0 Å². The molecule has 0 amide bonds. The molecule has 0 bridgehead atoms. The lowest BCUT2D eigenvalue weighted by molar-refractivity contribution is 0.773. The van der Waals surface area contributed by atoms with E-state index in [9.17, 15) is 0 Å². The molecule has 0 fully saturated rings. The molecule has 0 aliphatic rings. The van der Waals surface area contributed by atoms with Crippen LogP contribution >= 0.6 is 15.8 Å². The number of rotatable bonds is 4. The van der Waals surface area contributed by atoms with Crippen molar-refractivity contribution in [2.75, 3.05) is 18.2 Å². The smallest absolute Gasteiger partial charge is 0.0111 e. The van der Waals surface area contributed by atoms with Gasteiger partial charge < -0.3 is 0 Å². The molecule has 0 saturated carbocycles. The van der Waals surface area contributed by atoms with Crippen LogP contribution in [0.5, 0.6) is 0 Å². The zero-order valence-corrected chi connectivity index (χ0v) is 13.8. The Morgan fingerprint density at radius 2 is 0.933 bits per heavy atom. The lowest BCUT2D eigenvalue weighted by atomic mass is 10.3. The Morgan fingerprint density at radius 3 is 1.07 bits per heavy atom. The van der Waals surface area contributed by atoms with Crippen molar-refractivity contribution in [3.63, 3.8) is 0 Å². The summed E-state index contributed by atoms with van der Waals surface area (Å²) in [6.07, 6.45) is 2.79. The first kappa shape index (κ1) is 15.9. The van der Waals surface area contributed by atoms with Crippen LogP contribution in [0, 0.1) is 0 Å². The van der Waals surface area contributed by atoms with E-state index in [1.165, 1.54) is 18.2 Å². The molecule has 2 heteroatoms. The van der Waals surface area contributed by atoms with E-state index >= 15 is 0 Å². The van der Waals surface area contributed by atoms with E-state index in [0.29, 0.717) is 10.3 Å². The lowest BCUT2D eigenvalue weighted by Gasteiger charge is -2.38. The summed E-state index contributed by atoms with van der Waals surface area (Å²) in [6, 6.07) is 0. The van der Waals surface area contributed by atoms with Crippen LogP contribution in [0.3, 0.4) is 0 Å². The van der Waals surface area contributed by atoms with Crippen LogP contribution in [-0.2, 0) is 0 Å². The van der Waals surface area contributed by atoms with Gasteiger partial charge in [0.1, 0.15) is 0 Å². The third kappa shape index (κ3) is 5.65. The molecule has 2 atom stereocenters. The minimum atomic E-state index is 0.220. The predicted octanol–water partition coefficient (Wildman–Crippen LogP) is 5.54. The van der Waals surface area contributed by atoms with Gasteiger partial charge in [0.15, 0.2) is 0 Å². The Hall–Kier alpha value is 0.860. The van der Waals surface area contributed by atoms with Crippen molar-refractivity contribution in [3.8, 4) is 0 Å². The van der Waals surface area contributed by atoms with Crippen LogP contribution in [0.4, 0.5) is 0 Å². The Bertz CT molecular complexity index is 154. The maximum Gasteiger partial charge on any atom is -0.0111 e. The molecule has 92 valence electrons. The third-order valence-corrected chi connectivity index (χ3v) is 11.1. The molecule has 0 N–H and O–H groups in total. The van der Waals surface area contributed by atoms with Crippen LogP contribution in [0.15, 0.2) is 0 Å². The molecular weight excluding hydrogens is 218 g/mol. The summed E-state index contributed by atoms with van der Waals surface area (Å²) in [6.45, 7) is 19.3. The van der Waals surface area contributed by atoms with Crippen molar-refractivity contribution in [2.45, 2.75) is 65.7 Å². The van der Waals surface area contributed by atoms with E-state index in [1.54, 1.807) is 0 Å². The topological polar surface area (TPSA) is 0 Å². The largest absolute Gasteiger partial charge is 0.0970 e. The van der Waals surface area contributed by atoms with E-state index in [1.807, 2.05) is 0 Å². The summed E-state index contributed by atoms with van der Waals surface area (Å²) in [4.78, 5) is 0. The van der Waals surface area contributed by atoms with E-state index in [2.05, 4.69) is 55.4 Å². The molecule has 0 saturated heterocycles. The molecule has 0 heterocycles. The van der Waals surface area contributed by atoms with Gasteiger partial charge in [-0.1, -0.05) is 71.2 Å². The van der Waals surface area contributed by atoms with Crippen LogP contribution in [0.2, 0.25) is 0 Å². The Balaban J connectivity index is 4.52. The highest BCUT2D eigenvalue weighted by molar-refractivity contribution is 7.76. The van der Waals surface area contributed by atoms with Gasteiger partial charge in [-0.2, -0.15) is 0 Å². The minimum Gasteiger partial charge on any atom is -0.0970 e. The number of hydrogen-bond acceptors (Lipinski definition) is 0. The van der Waals surface area contributed by atoms with E-state index in [-0.39, 0.29) is 15.8 Å². The van der Waals surface area contributed by atoms with Gasteiger partial charge in [0, 0.05) is 0 Å². The zero-order valence-electron chi connectivity index (χ0n) is 12.0. The summed E-state index contributed by atoms with van der Waals surface area (Å²) >= 11 is 0. The Morgan fingerprint density at radius 1 is 0.667 bits per heavy atom. The normalized spacial score (nSPS) is 17.6. The predicted molar refractivity (Wildman–Crippen MR) is 79.3 cm³/mol. The first-order valence-corrected chi connectivity index (χ1v) is 9.55. The second-order valence-electron chi connectivity index (χ2n) is 6.20. The molecule has 0 spiro atoms. The molecule has 2 unspecified atom stereocenters. The highest BCUT2D eigenvalue weighted by Crippen LogP contribution is 2.62. The van der Waals surface area contributed by atoms with Gasteiger partial charge in [-0.05, 0) is 28.5 Å². The van der Waals surface area contributed by atoms with Gasteiger partial charge in [0.05, 0.1) is 0 Å². The molecular formula is C13H30P2. The number of hydrogen-bond donors (Lipinski definition) is 0. The van der Waals surface area contributed by atoms with E-state index < -0.39 is 0 Å². The highest BCUT2D eigenvalue weighted by Gasteiger charge is 2.29. The zero-order chi connectivity index (χ0) is 12.3. The quantitative estimate of drug-likeness (QED) is 0.572. The molecule has 0 aliphatic carbocycles.